The van der Waals surface area contributed by atoms with E-state index < -0.39 is 0 Å². The van der Waals surface area contributed by atoms with Gasteiger partial charge in [-0.2, -0.15) is 4.98 Å². The average molecular weight is 377 g/mol. The highest BCUT2D eigenvalue weighted by molar-refractivity contribution is 7.07. The largest absolute Gasteiger partial charge is 0.339 e. The Morgan fingerprint density at radius 2 is 2.27 bits per heavy atom. The number of likely N-dealkylation sites (tertiary alicyclic amines) is 1. The molecule has 1 atom stereocenters. The van der Waals surface area contributed by atoms with E-state index in [0.717, 1.165) is 6.42 Å². The summed E-state index contributed by atoms with van der Waals surface area (Å²) in [4.78, 5) is 36.5. The van der Waals surface area contributed by atoms with Crippen molar-refractivity contribution in [2.24, 2.45) is 0 Å². The minimum atomic E-state index is -0.0722. The smallest absolute Gasteiger partial charge is 0.273 e. The summed E-state index contributed by atoms with van der Waals surface area (Å²) in [5, 5.41) is 5.73. The van der Waals surface area contributed by atoms with Crippen LogP contribution in [0.2, 0.25) is 0 Å². The van der Waals surface area contributed by atoms with Crippen LogP contribution in [0.1, 0.15) is 55.3 Å². The van der Waals surface area contributed by atoms with Crippen LogP contribution in [-0.4, -0.2) is 62.4 Å². The highest BCUT2D eigenvalue weighted by atomic mass is 32.1. The van der Waals surface area contributed by atoms with Crippen LogP contribution in [-0.2, 0) is 11.2 Å². The summed E-state index contributed by atoms with van der Waals surface area (Å²) in [5.74, 6) is 1.31. The van der Waals surface area contributed by atoms with Crippen molar-refractivity contribution in [2.75, 3.05) is 19.6 Å². The fourth-order valence-electron chi connectivity index (χ4n) is 3.08. The number of amides is 2. The summed E-state index contributed by atoms with van der Waals surface area (Å²) in [5.41, 5.74) is 2.12. The predicted molar refractivity (Wildman–Crippen MR) is 95.9 cm³/mol. The van der Waals surface area contributed by atoms with E-state index in [2.05, 4.69) is 15.1 Å². The lowest BCUT2D eigenvalue weighted by Crippen LogP contribution is -2.42. The van der Waals surface area contributed by atoms with Crippen LogP contribution in [0.4, 0.5) is 0 Å². The molecule has 1 saturated heterocycles. The fourth-order valence-corrected chi connectivity index (χ4v) is 3.61. The summed E-state index contributed by atoms with van der Waals surface area (Å²) >= 11 is 1.40. The third-order valence-electron chi connectivity index (χ3n) is 4.50. The summed E-state index contributed by atoms with van der Waals surface area (Å²) in [6, 6.07) is 0.00607. The van der Waals surface area contributed by atoms with Gasteiger partial charge in [-0.3, -0.25) is 9.59 Å². The topological polar surface area (TPSA) is 92.4 Å². The number of aromatic nitrogens is 3. The first-order valence-corrected chi connectivity index (χ1v) is 9.67. The van der Waals surface area contributed by atoms with Gasteiger partial charge in [-0.25, -0.2) is 4.98 Å². The lowest BCUT2D eigenvalue weighted by molar-refractivity contribution is -0.130. The Labute approximate surface area is 156 Å². The van der Waals surface area contributed by atoms with Gasteiger partial charge in [-0.15, -0.1) is 11.3 Å². The minimum Gasteiger partial charge on any atom is -0.339 e. The molecular weight excluding hydrogens is 354 g/mol. The first-order valence-electron chi connectivity index (χ1n) is 8.73. The highest BCUT2D eigenvalue weighted by Gasteiger charge is 2.32. The zero-order chi connectivity index (χ0) is 18.7. The van der Waals surface area contributed by atoms with E-state index in [1.807, 2.05) is 13.8 Å². The van der Waals surface area contributed by atoms with Crippen LogP contribution in [0, 0.1) is 0 Å². The molecule has 0 spiro atoms. The van der Waals surface area contributed by atoms with Gasteiger partial charge in [0.1, 0.15) is 5.69 Å². The van der Waals surface area contributed by atoms with Crippen LogP contribution >= 0.6 is 11.3 Å². The van der Waals surface area contributed by atoms with Gasteiger partial charge in [0.05, 0.1) is 11.6 Å². The Morgan fingerprint density at radius 3 is 2.88 bits per heavy atom. The van der Waals surface area contributed by atoms with Gasteiger partial charge in [-0.1, -0.05) is 19.0 Å². The number of nitrogens with zero attached hydrogens (tertiary/aromatic N) is 5. The second kappa shape index (κ2) is 7.94. The van der Waals surface area contributed by atoms with Crippen LogP contribution in [0.15, 0.2) is 15.4 Å². The van der Waals surface area contributed by atoms with E-state index in [0.29, 0.717) is 43.5 Å². The van der Waals surface area contributed by atoms with Crippen molar-refractivity contribution in [2.45, 2.75) is 45.6 Å². The molecule has 0 aromatic carbocycles. The van der Waals surface area contributed by atoms with Crippen molar-refractivity contribution in [3.8, 4) is 0 Å². The van der Waals surface area contributed by atoms with Crippen molar-refractivity contribution < 1.29 is 14.1 Å². The molecule has 1 aliphatic rings. The Hall–Kier alpha value is -2.29. The molecule has 1 fully saturated rings. The SMILES string of the molecule is CC(=O)N(CCc1noc(C(C)C)n1)C1CCN(C(=O)c2cscn2)C1. The number of carbonyl (C=O) groups excluding carboxylic acids is 2. The van der Waals surface area contributed by atoms with Gasteiger partial charge >= 0.3 is 0 Å². The van der Waals surface area contributed by atoms with Crippen molar-refractivity contribution in [3.63, 3.8) is 0 Å². The predicted octanol–water partition coefficient (Wildman–Crippen LogP) is 1.96. The molecule has 2 aromatic heterocycles. The standard InChI is InChI=1S/C17H23N5O3S/c1-11(2)16-19-15(20-25-16)5-7-22(12(3)23)13-4-6-21(8-13)17(24)14-9-26-10-18-14/h9-11,13H,4-8H2,1-3H3. The summed E-state index contributed by atoms with van der Waals surface area (Å²) in [6.45, 7) is 7.21. The molecule has 26 heavy (non-hydrogen) atoms. The lowest BCUT2D eigenvalue weighted by Gasteiger charge is -2.27. The zero-order valence-electron chi connectivity index (χ0n) is 15.2. The molecule has 9 heteroatoms. The van der Waals surface area contributed by atoms with Crippen LogP contribution in [0.5, 0.6) is 0 Å². The summed E-state index contributed by atoms with van der Waals surface area (Å²) < 4.78 is 5.21. The second-order valence-corrected chi connectivity index (χ2v) is 7.45. The molecule has 1 unspecified atom stereocenters. The zero-order valence-corrected chi connectivity index (χ0v) is 16.0. The molecule has 8 nitrogen and oxygen atoms in total. The molecule has 3 heterocycles. The minimum absolute atomic E-state index is 0.00607. The molecule has 2 aromatic rings. The Bertz CT molecular complexity index is 758. The van der Waals surface area contributed by atoms with E-state index in [-0.39, 0.29) is 23.8 Å². The van der Waals surface area contributed by atoms with Crippen molar-refractivity contribution in [1.29, 1.82) is 0 Å². The van der Waals surface area contributed by atoms with E-state index in [1.165, 1.54) is 11.3 Å². The number of hydrogen-bond donors (Lipinski definition) is 0. The van der Waals surface area contributed by atoms with Gasteiger partial charge in [0.2, 0.25) is 11.8 Å². The molecular formula is C17H23N5O3S. The normalized spacial score (nSPS) is 17.1. The highest BCUT2D eigenvalue weighted by Crippen LogP contribution is 2.19. The number of rotatable bonds is 6. The fraction of sp³-hybridized carbons (Fsp3) is 0.588. The van der Waals surface area contributed by atoms with Gasteiger partial charge in [-0.05, 0) is 6.42 Å². The number of carbonyl (C=O) groups is 2. The monoisotopic (exact) mass is 377 g/mol. The molecule has 0 aliphatic carbocycles. The van der Waals surface area contributed by atoms with Crippen molar-refractivity contribution in [3.05, 3.63) is 28.3 Å². The Kier molecular flexibility index (Phi) is 5.65. The van der Waals surface area contributed by atoms with E-state index in [9.17, 15) is 9.59 Å². The van der Waals surface area contributed by atoms with E-state index in [4.69, 9.17) is 4.52 Å². The first kappa shape index (κ1) is 18.5. The van der Waals surface area contributed by atoms with Gasteiger partial charge in [0.15, 0.2) is 5.82 Å². The van der Waals surface area contributed by atoms with E-state index in [1.54, 1.807) is 27.6 Å². The van der Waals surface area contributed by atoms with Gasteiger partial charge in [0, 0.05) is 44.3 Å². The van der Waals surface area contributed by atoms with Crippen LogP contribution in [0.25, 0.3) is 0 Å². The molecule has 140 valence electrons. The molecule has 3 rings (SSSR count). The number of hydrogen-bond acceptors (Lipinski definition) is 7. The second-order valence-electron chi connectivity index (χ2n) is 6.73. The van der Waals surface area contributed by atoms with Crippen LogP contribution < -0.4 is 0 Å². The van der Waals surface area contributed by atoms with Gasteiger partial charge < -0.3 is 14.3 Å². The first-order chi connectivity index (χ1) is 12.5. The maximum atomic E-state index is 12.4. The van der Waals surface area contributed by atoms with Gasteiger partial charge in [0.25, 0.3) is 5.91 Å². The van der Waals surface area contributed by atoms with E-state index >= 15 is 0 Å². The Balaban J connectivity index is 1.59. The molecule has 2 amide bonds. The maximum absolute atomic E-state index is 12.4. The summed E-state index contributed by atoms with van der Waals surface area (Å²) in [7, 11) is 0. The molecule has 1 aliphatic heterocycles. The number of thiazole rings is 1. The third-order valence-corrected chi connectivity index (χ3v) is 5.09. The molecule has 0 saturated carbocycles. The molecule has 0 N–H and O–H groups in total. The Morgan fingerprint density at radius 1 is 1.46 bits per heavy atom. The van der Waals surface area contributed by atoms with Crippen LogP contribution in [0.3, 0.4) is 0 Å². The third kappa shape index (κ3) is 4.09. The lowest BCUT2D eigenvalue weighted by atomic mass is 10.2. The maximum Gasteiger partial charge on any atom is 0.273 e. The van der Waals surface area contributed by atoms with Crippen molar-refractivity contribution in [1.82, 2.24) is 24.9 Å². The average Bonchev–Trinajstić information content (AvgIpc) is 3.35. The quantitative estimate of drug-likeness (QED) is 0.764. The molecule has 0 radical (unpaired) electrons. The summed E-state index contributed by atoms with van der Waals surface area (Å²) in [6.07, 6.45) is 1.30. The molecule has 0 bridgehead atoms. The van der Waals surface area contributed by atoms with Crippen molar-refractivity contribution >= 4 is 23.2 Å².